The van der Waals surface area contributed by atoms with Crippen molar-refractivity contribution in [1.29, 1.82) is 0 Å². The van der Waals surface area contributed by atoms with Gasteiger partial charge >= 0.3 is 0 Å². The Morgan fingerprint density at radius 3 is 2.35 bits per heavy atom. The highest BCUT2D eigenvalue weighted by molar-refractivity contribution is 6.30. The molecular weight excluding hydrogens is 446 g/mol. The Labute approximate surface area is 208 Å². The zero-order valence-corrected chi connectivity index (χ0v) is 21.2. The van der Waals surface area contributed by atoms with Crippen LogP contribution < -0.4 is 5.32 Å². The molecule has 0 bridgehead atoms. The molecule has 2 aliphatic rings. The average Bonchev–Trinajstić information content (AvgIpc) is 3.14. The lowest BCUT2D eigenvalue weighted by Gasteiger charge is -2.47. The number of hydrogen-bond acceptors (Lipinski definition) is 3. The third kappa shape index (κ3) is 5.01. The molecule has 4 rings (SSSR count). The molecule has 1 spiro atoms. The van der Waals surface area contributed by atoms with Crippen molar-refractivity contribution in [1.82, 2.24) is 15.1 Å². The molecule has 34 heavy (non-hydrogen) atoms. The van der Waals surface area contributed by atoms with Gasteiger partial charge in [-0.3, -0.25) is 14.9 Å². The third-order valence-corrected chi connectivity index (χ3v) is 7.96. The summed E-state index contributed by atoms with van der Waals surface area (Å²) in [6.07, 6.45) is 4.28. The molecule has 2 aliphatic heterocycles. The van der Waals surface area contributed by atoms with Crippen molar-refractivity contribution in [2.24, 2.45) is 5.92 Å². The van der Waals surface area contributed by atoms with Crippen molar-refractivity contribution in [3.05, 3.63) is 70.7 Å². The number of carbonyl (C=O) groups is 2. The second-order valence-electron chi connectivity index (χ2n) is 9.92. The fourth-order valence-electron chi connectivity index (χ4n) is 5.43. The average molecular weight is 482 g/mol. The summed E-state index contributed by atoms with van der Waals surface area (Å²) in [7, 11) is 0. The van der Waals surface area contributed by atoms with Crippen LogP contribution in [0.1, 0.15) is 62.4 Å². The first kappa shape index (κ1) is 24.7. The summed E-state index contributed by atoms with van der Waals surface area (Å²) in [6.45, 7) is 7.71. The van der Waals surface area contributed by atoms with Gasteiger partial charge in [0, 0.05) is 42.6 Å². The standard InChI is InChI=1S/C28H36ClN3O2/c1-4-20(2)25-27(34)32(21(3)10-11-22-8-6-5-7-9-22)28(30-25)16-18-31(19-17-28)26(33)23-12-14-24(29)15-13-23/h5-9,12-15,20-21,25,30H,4,10-11,16-19H2,1-3H3/t20-,21-,25+/m0/s1. The molecule has 0 saturated carbocycles. The first-order valence-electron chi connectivity index (χ1n) is 12.5. The molecule has 2 fully saturated rings. The van der Waals surface area contributed by atoms with Crippen LogP contribution in [0.4, 0.5) is 0 Å². The van der Waals surface area contributed by atoms with Crippen LogP contribution in [0, 0.1) is 5.92 Å². The minimum absolute atomic E-state index is 0.0259. The van der Waals surface area contributed by atoms with Crippen molar-refractivity contribution in [2.45, 2.75) is 70.6 Å². The highest BCUT2D eigenvalue weighted by Gasteiger charge is 2.54. The van der Waals surface area contributed by atoms with Gasteiger partial charge < -0.3 is 9.80 Å². The van der Waals surface area contributed by atoms with Crippen molar-refractivity contribution < 1.29 is 9.59 Å². The molecule has 2 saturated heterocycles. The van der Waals surface area contributed by atoms with E-state index in [1.54, 1.807) is 24.3 Å². The number of rotatable bonds is 7. The first-order valence-corrected chi connectivity index (χ1v) is 12.9. The van der Waals surface area contributed by atoms with Gasteiger partial charge in [0.1, 0.15) is 0 Å². The van der Waals surface area contributed by atoms with E-state index < -0.39 is 5.66 Å². The molecule has 2 amide bonds. The highest BCUT2D eigenvalue weighted by Crippen LogP contribution is 2.37. The molecule has 5 nitrogen and oxygen atoms in total. The minimum Gasteiger partial charge on any atom is -0.338 e. The zero-order chi connectivity index (χ0) is 24.3. The lowest BCUT2D eigenvalue weighted by Crippen LogP contribution is -2.61. The second-order valence-corrected chi connectivity index (χ2v) is 10.4. The maximum Gasteiger partial charge on any atom is 0.253 e. The topological polar surface area (TPSA) is 52.7 Å². The Morgan fingerprint density at radius 1 is 1.09 bits per heavy atom. The van der Waals surface area contributed by atoms with Crippen LogP contribution in [0.25, 0.3) is 0 Å². The van der Waals surface area contributed by atoms with Crippen LogP contribution in [-0.4, -0.2) is 52.5 Å². The van der Waals surface area contributed by atoms with Gasteiger partial charge in [0.05, 0.1) is 11.7 Å². The Balaban J connectivity index is 1.49. The quantitative estimate of drug-likeness (QED) is 0.595. The zero-order valence-electron chi connectivity index (χ0n) is 20.5. The molecule has 0 aliphatic carbocycles. The molecule has 182 valence electrons. The summed E-state index contributed by atoms with van der Waals surface area (Å²) < 4.78 is 0. The monoisotopic (exact) mass is 481 g/mol. The molecule has 0 radical (unpaired) electrons. The Kier molecular flexibility index (Phi) is 7.63. The molecule has 2 heterocycles. The number of benzene rings is 2. The van der Waals surface area contributed by atoms with E-state index in [-0.39, 0.29) is 29.8 Å². The lowest BCUT2D eigenvalue weighted by molar-refractivity contribution is -0.136. The number of likely N-dealkylation sites (tertiary alicyclic amines) is 1. The van der Waals surface area contributed by atoms with E-state index in [2.05, 4.69) is 55.3 Å². The fraction of sp³-hybridized carbons (Fsp3) is 0.500. The normalized spacial score (nSPS) is 21.6. The van der Waals surface area contributed by atoms with E-state index in [0.717, 1.165) is 32.1 Å². The third-order valence-electron chi connectivity index (χ3n) is 7.71. The Hall–Kier alpha value is -2.37. The smallest absolute Gasteiger partial charge is 0.253 e. The van der Waals surface area contributed by atoms with Crippen molar-refractivity contribution in [2.75, 3.05) is 13.1 Å². The molecular formula is C28H36ClN3O2. The number of piperidine rings is 1. The lowest BCUT2D eigenvalue weighted by atomic mass is 9.93. The molecule has 6 heteroatoms. The van der Waals surface area contributed by atoms with Gasteiger partial charge in [0.2, 0.25) is 5.91 Å². The van der Waals surface area contributed by atoms with Crippen LogP contribution in [0.3, 0.4) is 0 Å². The van der Waals surface area contributed by atoms with Crippen LogP contribution in [0.2, 0.25) is 5.02 Å². The van der Waals surface area contributed by atoms with E-state index in [1.165, 1.54) is 5.56 Å². The van der Waals surface area contributed by atoms with Gasteiger partial charge in [-0.2, -0.15) is 0 Å². The Bertz CT molecular complexity index is 986. The SMILES string of the molecule is CC[C@H](C)[C@H]1NC2(CCN(C(=O)c3ccc(Cl)cc3)CC2)N([C@@H](C)CCc2ccccc2)C1=O. The van der Waals surface area contributed by atoms with E-state index in [0.29, 0.717) is 23.7 Å². The number of nitrogens with zero attached hydrogens (tertiary/aromatic N) is 2. The number of carbonyl (C=O) groups excluding carboxylic acids is 2. The maximum absolute atomic E-state index is 13.7. The van der Waals surface area contributed by atoms with Crippen molar-refractivity contribution in [3.63, 3.8) is 0 Å². The first-order chi connectivity index (χ1) is 16.3. The maximum atomic E-state index is 13.7. The van der Waals surface area contributed by atoms with Crippen molar-refractivity contribution >= 4 is 23.4 Å². The summed E-state index contributed by atoms with van der Waals surface area (Å²) in [6, 6.07) is 17.5. The van der Waals surface area contributed by atoms with Crippen molar-refractivity contribution in [3.8, 4) is 0 Å². The number of hydrogen-bond donors (Lipinski definition) is 1. The van der Waals surface area contributed by atoms with E-state index in [9.17, 15) is 9.59 Å². The van der Waals surface area contributed by atoms with Crippen LogP contribution in [0.15, 0.2) is 54.6 Å². The summed E-state index contributed by atoms with van der Waals surface area (Å²) >= 11 is 5.99. The van der Waals surface area contributed by atoms with E-state index in [4.69, 9.17) is 11.6 Å². The van der Waals surface area contributed by atoms with Crippen LogP contribution in [-0.2, 0) is 11.2 Å². The number of aryl methyl sites for hydroxylation is 1. The predicted molar refractivity (Wildman–Crippen MR) is 137 cm³/mol. The number of halogens is 1. The summed E-state index contributed by atoms with van der Waals surface area (Å²) in [5.74, 6) is 0.509. The Morgan fingerprint density at radius 2 is 1.74 bits per heavy atom. The molecule has 0 aromatic heterocycles. The van der Waals surface area contributed by atoms with Gasteiger partial charge in [-0.1, -0.05) is 62.2 Å². The number of nitrogens with one attached hydrogen (secondary N) is 1. The molecule has 1 N–H and O–H groups in total. The van der Waals surface area contributed by atoms with Crippen LogP contribution in [0.5, 0.6) is 0 Å². The summed E-state index contributed by atoms with van der Waals surface area (Å²) in [4.78, 5) is 30.8. The van der Waals surface area contributed by atoms with E-state index >= 15 is 0 Å². The summed E-state index contributed by atoms with van der Waals surface area (Å²) in [5.41, 5.74) is 1.56. The van der Waals surface area contributed by atoms with E-state index in [1.807, 2.05) is 11.0 Å². The molecule has 3 atom stereocenters. The van der Waals surface area contributed by atoms with Gasteiger partial charge in [0.15, 0.2) is 0 Å². The minimum atomic E-state index is -0.391. The second kappa shape index (κ2) is 10.5. The molecule has 2 aromatic carbocycles. The van der Waals surface area contributed by atoms with Gasteiger partial charge in [-0.25, -0.2) is 0 Å². The van der Waals surface area contributed by atoms with Crippen LogP contribution >= 0.6 is 11.6 Å². The van der Waals surface area contributed by atoms with Gasteiger partial charge in [-0.05, 0) is 55.5 Å². The summed E-state index contributed by atoms with van der Waals surface area (Å²) in [5, 5.41) is 4.39. The highest BCUT2D eigenvalue weighted by atomic mass is 35.5. The molecule has 0 unspecified atom stereocenters. The number of amides is 2. The van der Waals surface area contributed by atoms with Gasteiger partial charge in [0.25, 0.3) is 5.91 Å². The predicted octanol–water partition coefficient (Wildman–Crippen LogP) is 5.14. The largest absolute Gasteiger partial charge is 0.338 e. The fourth-order valence-corrected chi connectivity index (χ4v) is 5.56. The molecule has 2 aromatic rings. The van der Waals surface area contributed by atoms with Gasteiger partial charge in [-0.15, -0.1) is 0 Å².